The van der Waals surface area contributed by atoms with Crippen LogP contribution in [0.1, 0.15) is 5.56 Å². The van der Waals surface area contributed by atoms with Gasteiger partial charge < -0.3 is 19.3 Å². The molecule has 1 heterocycles. The fraction of sp³-hybridized carbons (Fsp3) is 0.316. The quantitative estimate of drug-likeness (QED) is 0.337. The highest BCUT2D eigenvalue weighted by Gasteiger charge is 2.28. The van der Waals surface area contributed by atoms with E-state index in [2.05, 4.69) is 10.5 Å². The highest BCUT2D eigenvalue weighted by Crippen LogP contribution is 2.36. The monoisotopic (exact) mass is 466 g/mol. The number of nitro groups is 1. The molecule has 0 amide bonds. The zero-order chi connectivity index (χ0) is 23.3. The second kappa shape index (κ2) is 9.80. The number of sulfonamides is 1. The van der Waals surface area contributed by atoms with Crippen LogP contribution in [-0.4, -0.2) is 69.5 Å². The Hall–Kier alpha value is -3.42. The smallest absolute Gasteiger partial charge is 0.295 e. The molecule has 172 valence electrons. The molecule has 0 bridgehead atoms. The molecule has 2 aromatic rings. The third kappa shape index (κ3) is 4.90. The fourth-order valence-electron chi connectivity index (χ4n) is 3.02. The van der Waals surface area contributed by atoms with E-state index in [4.69, 9.17) is 14.2 Å². The van der Waals surface area contributed by atoms with E-state index in [0.29, 0.717) is 5.56 Å². The Bertz CT molecular complexity index is 1110. The molecule has 3 rings (SSSR count). The summed E-state index contributed by atoms with van der Waals surface area (Å²) in [5, 5.41) is 25.5. The highest BCUT2D eigenvalue weighted by atomic mass is 32.2. The van der Waals surface area contributed by atoms with E-state index < -0.39 is 20.6 Å². The number of hydrogen-bond acceptors (Lipinski definition) is 10. The molecule has 13 heteroatoms. The van der Waals surface area contributed by atoms with E-state index >= 15 is 0 Å². The number of nitrogens with zero attached hydrogens (tertiary/aromatic N) is 3. The average Bonchev–Trinajstić information content (AvgIpc) is 2.80. The molecular formula is C19H22N4O8S. The van der Waals surface area contributed by atoms with Crippen molar-refractivity contribution in [2.45, 2.75) is 4.90 Å². The van der Waals surface area contributed by atoms with Gasteiger partial charge in [0.1, 0.15) is 5.69 Å². The first-order valence-electron chi connectivity index (χ1n) is 9.38. The molecule has 2 aromatic carbocycles. The van der Waals surface area contributed by atoms with Crippen molar-refractivity contribution in [3.63, 3.8) is 0 Å². The molecule has 0 unspecified atom stereocenters. The van der Waals surface area contributed by atoms with Gasteiger partial charge in [0.15, 0.2) is 11.5 Å². The lowest BCUT2D eigenvalue weighted by Gasteiger charge is -2.26. The number of nitrogens with one attached hydrogen (secondary N) is 1. The van der Waals surface area contributed by atoms with Gasteiger partial charge in [-0.15, -0.1) is 0 Å². The van der Waals surface area contributed by atoms with Gasteiger partial charge in [-0.2, -0.15) is 9.41 Å². The minimum absolute atomic E-state index is 0.00452. The maximum atomic E-state index is 12.8. The van der Waals surface area contributed by atoms with Gasteiger partial charge in [-0.05, 0) is 24.3 Å². The summed E-state index contributed by atoms with van der Waals surface area (Å²) in [5.41, 5.74) is 2.59. The van der Waals surface area contributed by atoms with Gasteiger partial charge in [-0.3, -0.25) is 15.5 Å². The number of methoxy groups -OCH3 is 2. The van der Waals surface area contributed by atoms with Crippen LogP contribution in [-0.2, 0) is 14.8 Å². The number of aromatic hydroxyl groups is 1. The van der Waals surface area contributed by atoms with Gasteiger partial charge in [0.05, 0.1) is 43.5 Å². The second-order valence-electron chi connectivity index (χ2n) is 6.60. The van der Waals surface area contributed by atoms with Crippen molar-refractivity contribution in [1.82, 2.24) is 4.31 Å². The predicted octanol–water partition coefficient (Wildman–Crippen LogP) is 1.78. The Morgan fingerprint density at radius 1 is 1.19 bits per heavy atom. The highest BCUT2D eigenvalue weighted by molar-refractivity contribution is 7.89. The van der Waals surface area contributed by atoms with E-state index in [-0.39, 0.29) is 54.1 Å². The first kappa shape index (κ1) is 23.2. The molecule has 1 saturated heterocycles. The van der Waals surface area contributed by atoms with Crippen molar-refractivity contribution in [2.75, 3.05) is 45.9 Å². The van der Waals surface area contributed by atoms with Crippen molar-refractivity contribution in [3.8, 4) is 17.2 Å². The van der Waals surface area contributed by atoms with Crippen molar-refractivity contribution < 1.29 is 32.7 Å². The largest absolute Gasteiger partial charge is 0.502 e. The summed E-state index contributed by atoms with van der Waals surface area (Å²) in [6, 6.07) is 6.54. The molecule has 0 saturated carbocycles. The lowest BCUT2D eigenvalue weighted by molar-refractivity contribution is -0.384. The number of phenolic OH excluding ortho intramolecular Hbond substituents is 1. The number of ether oxygens (including phenoxy) is 3. The van der Waals surface area contributed by atoms with Crippen LogP contribution in [0, 0.1) is 10.1 Å². The van der Waals surface area contributed by atoms with Gasteiger partial charge in [-0.25, -0.2) is 8.42 Å². The Morgan fingerprint density at radius 2 is 1.81 bits per heavy atom. The number of phenols is 1. The van der Waals surface area contributed by atoms with Crippen molar-refractivity contribution >= 4 is 27.6 Å². The van der Waals surface area contributed by atoms with Crippen LogP contribution in [0.3, 0.4) is 0 Å². The normalized spacial score (nSPS) is 14.9. The molecule has 0 aliphatic carbocycles. The van der Waals surface area contributed by atoms with Crippen molar-refractivity contribution in [2.24, 2.45) is 5.10 Å². The third-order valence-corrected chi connectivity index (χ3v) is 6.57. The van der Waals surface area contributed by atoms with E-state index in [1.165, 1.54) is 49.0 Å². The lowest BCUT2D eigenvalue weighted by Crippen LogP contribution is -2.40. The van der Waals surface area contributed by atoms with Crippen LogP contribution in [0.2, 0.25) is 0 Å². The molecular weight excluding hydrogens is 444 g/mol. The second-order valence-corrected chi connectivity index (χ2v) is 8.53. The summed E-state index contributed by atoms with van der Waals surface area (Å²) in [6.45, 7) is 0.894. The average molecular weight is 466 g/mol. The van der Waals surface area contributed by atoms with Crippen molar-refractivity contribution in [1.29, 1.82) is 0 Å². The molecule has 32 heavy (non-hydrogen) atoms. The van der Waals surface area contributed by atoms with Gasteiger partial charge in [-0.1, -0.05) is 0 Å². The number of morpholine rings is 1. The van der Waals surface area contributed by atoms with Gasteiger partial charge in [0.25, 0.3) is 5.69 Å². The van der Waals surface area contributed by atoms with Gasteiger partial charge in [0.2, 0.25) is 15.8 Å². The minimum Gasteiger partial charge on any atom is -0.502 e. The van der Waals surface area contributed by atoms with Crippen LogP contribution in [0.15, 0.2) is 40.3 Å². The van der Waals surface area contributed by atoms with Crippen LogP contribution < -0.4 is 14.9 Å². The third-order valence-electron chi connectivity index (χ3n) is 4.67. The molecule has 1 aliphatic heterocycles. The Balaban J connectivity index is 1.85. The number of rotatable bonds is 8. The van der Waals surface area contributed by atoms with E-state index in [1.807, 2.05) is 0 Å². The topological polar surface area (TPSA) is 153 Å². The fourth-order valence-corrected chi connectivity index (χ4v) is 4.45. The number of anilines is 1. The maximum absolute atomic E-state index is 12.8. The SMILES string of the molecule is COc1cc(C=NNc2ccc(S(=O)(=O)N3CCOCC3)cc2[N+](=O)[O-])cc(OC)c1O. The van der Waals surface area contributed by atoms with Crippen LogP contribution in [0.25, 0.3) is 0 Å². The number of nitro benzene ring substituents is 1. The predicted molar refractivity (Wildman–Crippen MR) is 115 cm³/mol. The molecule has 1 fully saturated rings. The van der Waals surface area contributed by atoms with E-state index in [9.17, 15) is 23.6 Å². The van der Waals surface area contributed by atoms with Crippen LogP contribution in [0.4, 0.5) is 11.4 Å². The van der Waals surface area contributed by atoms with Crippen molar-refractivity contribution in [3.05, 3.63) is 46.0 Å². The zero-order valence-electron chi connectivity index (χ0n) is 17.3. The summed E-state index contributed by atoms with van der Waals surface area (Å²) < 4.78 is 42.1. The summed E-state index contributed by atoms with van der Waals surface area (Å²) in [6.07, 6.45) is 1.34. The van der Waals surface area contributed by atoms with E-state index in [0.717, 1.165) is 6.07 Å². The molecule has 1 aliphatic rings. The first-order valence-corrected chi connectivity index (χ1v) is 10.8. The molecule has 0 radical (unpaired) electrons. The molecule has 0 atom stereocenters. The summed E-state index contributed by atoms with van der Waals surface area (Å²) in [7, 11) is -1.13. The molecule has 12 nitrogen and oxygen atoms in total. The summed E-state index contributed by atoms with van der Waals surface area (Å²) >= 11 is 0. The van der Waals surface area contributed by atoms with Gasteiger partial charge in [0, 0.05) is 24.7 Å². The van der Waals surface area contributed by atoms with Crippen LogP contribution >= 0.6 is 0 Å². The standard InChI is InChI=1S/C19H22N4O8S/c1-29-17-9-13(10-18(30-2)19(17)24)12-20-21-15-4-3-14(11-16(15)23(25)26)32(27,28)22-5-7-31-8-6-22/h3-4,9-12,21,24H,5-8H2,1-2H3. The molecule has 0 aromatic heterocycles. The number of hydrogen-bond donors (Lipinski definition) is 2. The Labute approximate surface area is 184 Å². The lowest BCUT2D eigenvalue weighted by atomic mass is 10.2. The Kier molecular flexibility index (Phi) is 7.12. The zero-order valence-corrected chi connectivity index (χ0v) is 18.2. The molecule has 0 spiro atoms. The first-order chi connectivity index (χ1) is 15.3. The number of benzene rings is 2. The van der Waals surface area contributed by atoms with Crippen LogP contribution in [0.5, 0.6) is 17.2 Å². The minimum atomic E-state index is -3.89. The summed E-state index contributed by atoms with van der Waals surface area (Å²) in [4.78, 5) is 10.7. The van der Waals surface area contributed by atoms with E-state index in [1.54, 1.807) is 0 Å². The maximum Gasteiger partial charge on any atom is 0.295 e. The summed E-state index contributed by atoms with van der Waals surface area (Å²) in [5.74, 6) is 0.150. The van der Waals surface area contributed by atoms with Gasteiger partial charge >= 0.3 is 0 Å². The molecule has 2 N–H and O–H groups in total. The number of hydrazone groups is 1. The Morgan fingerprint density at radius 3 is 2.38 bits per heavy atom.